The lowest BCUT2D eigenvalue weighted by Crippen LogP contribution is -2.71. The van der Waals surface area contributed by atoms with Gasteiger partial charge in [-0.3, -0.25) is 9.59 Å². The molecule has 6 heteroatoms. The van der Waals surface area contributed by atoms with Gasteiger partial charge in [0.2, 0.25) is 11.8 Å². The maximum atomic E-state index is 13.4. The van der Waals surface area contributed by atoms with Gasteiger partial charge in [0, 0.05) is 37.3 Å². The molecule has 0 bridgehead atoms. The Bertz CT molecular complexity index is 957. The minimum atomic E-state index is -0.248. The average Bonchev–Trinajstić information content (AvgIpc) is 2.80. The quantitative estimate of drug-likeness (QED) is 0.825. The van der Waals surface area contributed by atoms with Crippen molar-refractivity contribution in [1.29, 1.82) is 0 Å². The minimum absolute atomic E-state index is 0.00402. The number of benzene rings is 2. The van der Waals surface area contributed by atoms with E-state index in [1.165, 1.54) is 0 Å². The van der Waals surface area contributed by atoms with E-state index >= 15 is 0 Å². The van der Waals surface area contributed by atoms with Gasteiger partial charge in [0.05, 0.1) is 25.1 Å². The number of ether oxygens (including phenoxy) is 1. The van der Waals surface area contributed by atoms with Gasteiger partial charge in [-0.15, -0.1) is 0 Å². The first-order valence-electron chi connectivity index (χ1n) is 11.1. The second-order valence-corrected chi connectivity index (χ2v) is 8.70. The summed E-state index contributed by atoms with van der Waals surface area (Å²) in [4.78, 5) is 30.3. The smallest absolute Gasteiger partial charge is 0.230 e. The molecule has 0 aliphatic carbocycles. The van der Waals surface area contributed by atoms with Gasteiger partial charge in [-0.1, -0.05) is 48.5 Å². The van der Waals surface area contributed by atoms with Crippen molar-refractivity contribution >= 4 is 17.5 Å². The Morgan fingerprint density at radius 2 is 1.71 bits per heavy atom. The van der Waals surface area contributed by atoms with E-state index < -0.39 is 0 Å². The van der Waals surface area contributed by atoms with Gasteiger partial charge in [-0.05, 0) is 30.0 Å². The van der Waals surface area contributed by atoms with Crippen LogP contribution >= 0.6 is 0 Å². The molecule has 31 heavy (non-hydrogen) atoms. The maximum absolute atomic E-state index is 13.4. The van der Waals surface area contributed by atoms with Crippen LogP contribution in [0.25, 0.3) is 0 Å². The van der Waals surface area contributed by atoms with E-state index in [1.807, 2.05) is 64.4 Å². The largest absolute Gasteiger partial charge is 0.394 e. The van der Waals surface area contributed by atoms with Crippen LogP contribution in [0.3, 0.4) is 0 Å². The Hall–Kier alpha value is -2.70. The number of para-hydroxylation sites is 1. The van der Waals surface area contributed by atoms with E-state index in [1.54, 1.807) is 0 Å². The van der Waals surface area contributed by atoms with E-state index in [9.17, 15) is 14.7 Å². The fourth-order valence-electron chi connectivity index (χ4n) is 5.47. The molecule has 3 aliphatic heterocycles. The fraction of sp³-hybridized carbons (Fsp3) is 0.440. The fourth-order valence-corrected chi connectivity index (χ4v) is 5.47. The highest BCUT2D eigenvalue weighted by molar-refractivity contribution is 5.97. The number of likely N-dealkylation sites (tertiary alicyclic amines) is 1. The molecule has 0 unspecified atom stereocenters. The predicted molar refractivity (Wildman–Crippen MR) is 117 cm³/mol. The summed E-state index contributed by atoms with van der Waals surface area (Å²) in [6.07, 6.45) is 1.78. The van der Waals surface area contributed by atoms with Gasteiger partial charge in [0.15, 0.2) is 0 Å². The van der Waals surface area contributed by atoms with Crippen molar-refractivity contribution in [1.82, 2.24) is 4.90 Å². The van der Waals surface area contributed by atoms with Gasteiger partial charge in [0.1, 0.15) is 0 Å². The molecule has 6 nitrogen and oxygen atoms in total. The topological polar surface area (TPSA) is 70.1 Å². The number of amides is 2. The molecule has 2 amide bonds. The Labute approximate surface area is 182 Å². The van der Waals surface area contributed by atoms with Crippen LogP contribution in [0.5, 0.6) is 0 Å². The monoisotopic (exact) mass is 420 g/mol. The van der Waals surface area contributed by atoms with Crippen LogP contribution < -0.4 is 4.90 Å². The van der Waals surface area contributed by atoms with Crippen molar-refractivity contribution in [3.05, 3.63) is 65.7 Å². The summed E-state index contributed by atoms with van der Waals surface area (Å²) >= 11 is 0. The van der Waals surface area contributed by atoms with Gasteiger partial charge < -0.3 is 19.6 Å². The third-order valence-corrected chi connectivity index (χ3v) is 7.01. The number of carbonyl (C=O) groups excluding carboxylic acids is 2. The molecule has 3 heterocycles. The van der Waals surface area contributed by atoms with Crippen LogP contribution in [0.2, 0.25) is 0 Å². The van der Waals surface area contributed by atoms with Crippen LogP contribution in [0.1, 0.15) is 29.9 Å². The van der Waals surface area contributed by atoms with Crippen molar-refractivity contribution in [3.8, 4) is 0 Å². The number of aliphatic hydroxyl groups is 1. The number of rotatable bonds is 4. The van der Waals surface area contributed by atoms with Crippen LogP contribution in [0, 0.1) is 5.92 Å². The molecule has 162 valence electrons. The molecule has 2 aromatic rings. The van der Waals surface area contributed by atoms with Crippen LogP contribution in [0.4, 0.5) is 5.69 Å². The zero-order chi connectivity index (χ0) is 21.4. The molecule has 2 fully saturated rings. The molecule has 2 saturated heterocycles. The molecule has 0 aromatic heterocycles. The number of hydrogen-bond acceptors (Lipinski definition) is 4. The van der Waals surface area contributed by atoms with Crippen molar-refractivity contribution in [2.24, 2.45) is 5.92 Å². The predicted octanol–water partition coefficient (Wildman–Crippen LogP) is 2.36. The number of aliphatic hydroxyl groups excluding tert-OH is 1. The second kappa shape index (κ2) is 8.44. The summed E-state index contributed by atoms with van der Waals surface area (Å²) in [6, 6.07) is 17.3. The molecule has 3 atom stereocenters. The molecule has 2 aromatic carbocycles. The average molecular weight is 421 g/mol. The molecule has 1 N–H and O–H groups in total. The Balaban J connectivity index is 1.43. The summed E-state index contributed by atoms with van der Waals surface area (Å²) in [5.74, 6) is 0.140. The number of carbonyl (C=O) groups is 2. The van der Waals surface area contributed by atoms with Gasteiger partial charge >= 0.3 is 0 Å². The first-order valence-corrected chi connectivity index (χ1v) is 11.1. The van der Waals surface area contributed by atoms with Crippen molar-refractivity contribution in [3.63, 3.8) is 0 Å². The molecule has 5 rings (SSSR count). The lowest BCUT2D eigenvalue weighted by Gasteiger charge is -2.59. The van der Waals surface area contributed by atoms with Gasteiger partial charge in [0.25, 0.3) is 0 Å². The normalized spacial score (nSPS) is 25.4. The highest BCUT2D eigenvalue weighted by Gasteiger charge is 2.55. The van der Waals surface area contributed by atoms with E-state index in [0.717, 1.165) is 29.7 Å². The van der Waals surface area contributed by atoms with Crippen molar-refractivity contribution in [2.75, 3.05) is 31.3 Å². The highest BCUT2D eigenvalue weighted by atomic mass is 16.5. The third kappa shape index (κ3) is 3.54. The zero-order valence-corrected chi connectivity index (χ0v) is 17.5. The Kier molecular flexibility index (Phi) is 5.50. The molecular weight excluding hydrogens is 392 g/mol. The number of hydrogen-bond donors (Lipinski definition) is 1. The summed E-state index contributed by atoms with van der Waals surface area (Å²) < 4.78 is 5.44. The van der Waals surface area contributed by atoms with E-state index in [2.05, 4.69) is 0 Å². The number of fused-ring (bicyclic) bond motifs is 3. The Morgan fingerprint density at radius 1 is 1.00 bits per heavy atom. The van der Waals surface area contributed by atoms with Crippen LogP contribution in [0.15, 0.2) is 54.6 Å². The molecular formula is C25H28N2O4. The lowest BCUT2D eigenvalue weighted by atomic mass is 9.71. The maximum Gasteiger partial charge on any atom is 0.230 e. The summed E-state index contributed by atoms with van der Waals surface area (Å²) in [7, 11) is 0. The van der Waals surface area contributed by atoms with Gasteiger partial charge in [-0.2, -0.15) is 0 Å². The molecule has 0 spiro atoms. The summed E-state index contributed by atoms with van der Waals surface area (Å²) in [6.45, 7) is 1.64. The first-order chi connectivity index (χ1) is 15.2. The lowest BCUT2D eigenvalue weighted by molar-refractivity contribution is -0.150. The van der Waals surface area contributed by atoms with E-state index in [-0.39, 0.29) is 42.3 Å². The molecule has 3 aliphatic rings. The number of nitrogens with zero attached hydrogens (tertiary/aromatic N) is 2. The standard InChI is InChI=1S/C25H28N2O4/c28-16-22-24-19-8-4-5-9-20(19)26(25(30)18-10-12-31-13-11-18)15-21(24)27(22)23(29)14-17-6-2-1-3-7-17/h1-9,18,21-22,24,28H,10-16H2/t21-,22-,24-/m1/s1. The summed E-state index contributed by atoms with van der Waals surface area (Å²) in [5.41, 5.74) is 2.94. The van der Waals surface area contributed by atoms with Crippen LogP contribution in [-0.2, 0) is 20.7 Å². The van der Waals surface area contributed by atoms with E-state index in [4.69, 9.17) is 4.74 Å². The highest BCUT2D eigenvalue weighted by Crippen LogP contribution is 2.48. The first kappa shape index (κ1) is 20.2. The SMILES string of the molecule is O=C(C1CCOCC1)N1C[C@@H]2[C@@H](c3ccccc31)[C@@H](CO)N2C(=O)Cc1ccccc1. The Morgan fingerprint density at radius 3 is 2.45 bits per heavy atom. The number of anilines is 1. The zero-order valence-electron chi connectivity index (χ0n) is 17.5. The van der Waals surface area contributed by atoms with Crippen LogP contribution in [-0.4, -0.2) is 60.3 Å². The summed E-state index contributed by atoms with van der Waals surface area (Å²) in [5, 5.41) is 10.1. The van der Waals surface area contributed by atoms with E-state index in [0.29, 0.717) is 26.2 Å². The molecule has 0 saturated carbocycles. The second-order valence-electron chi connectivity index (χ2n) is 8.70. The minimum Gasteiger partial charge on any atom is -0.394 e. The molecule has 0 radical (unpaired) electrons. The third-order valence-electron chi connectivity index (χ3n) is 7.01. The van der Waals surface area contributed by atoms with Crippen molar-refractivity contribution in [2.45, 2.75) is 37.3 Å². The van der Waals surface area contributed by atoms with Crippen molar-refractivity contribution < 1.29 is 19.4 Å². The van der Waals surface area contributed by atoms with Gasteiger partial charge in [-0.25, -0.2) is 0 Å².